The van der Waals surface area contributed by atoms with Crippen molar-refractivity contribution in [2.75, 3.05) is 4.90 Å². The van der Waals surface area contributed by atoms with Crippen molar-refractivity contribution in [1.29, 1.82) is 0 Å². The van der Waals surface area contributed by atoms with Gasteiger partial charge in [-0.15, -0.1) is 0 Å². The monoisotopic (exact) mass is 653 g/mol. The first-order valence-electron chi connectivity index (χ1n) is 17.7. The lowest BCUT2D eigenvalue weighted by atomic mass is 9.82. The van der Waals surface area contributed by atoms with Crippen molar-refractivity contribution in [3.8, 4) is 33.4 Å². The molecule has 1 heterocycles. The lowest BCUT2D eigenvalue weighted by Crippen LogP contribution is -2.16. The summed E-state index contributed by atoms with van der Waals surface area (Å²) in [5, 5.41) is 4.52. The van der Waals surface area contributed by atoms with Gasteiger partial charge in [0.2, 0.25) is 0 Å². The Labute approximate surface area is 297 Å². The Morgan fingerprint density at radius 1 is 0.392 bits per heavy atom. The minimum absolute atomic E-state index is 0.112. The molecule has 0 saturated carbocycles. The van der Waals surface area contributed by atoms with Crippen molar-refractivity contribution in [3.05, 3.63) is 187 Å². The molecule has 8 aromatic carbocycles. The normalized spacial score (nSPS) is 13.1. The SMILES string of the molecule is CC1(C)c2ccccc2-c2ccc(N(c3ccc(-c4ccccc4)cc3)c3ccc4c(-c5ccccc5)cc5c6ccccc6oc5c4c3)cc21. The fourth-order valence-corrected chi connectivity index (χ4v) is 8.29. The Kier molecular flexibility index (Phi) is 6.56. The fraction of sp³-hybridized carbons (Fsp3) is 0.0612. The van der Waals surface area contributed by atoms with Gasteiger partial charge in [0.25, 0.3) is 0 Å². The molecule has 0 radical (unpaired) electrons. The molecule has 2 nitrogen and oxygen atoms in total. The largest absolute Gasteiger partial charge is 0.455 e. The highest BCUT2D eigenvalue weighted by Crippen LogP contribution is 2.51. The summed E-state index contributed by atoms with van der Waals surface area (Å²) in [4.78, 5) is 2.40. The van der Waals surface area contributed by atoms with Gasteiger partial charge in [-0.2, -0.15) is 0 Å². The minimum atomic E-state index is -0.112. The minimum Gasteiger partial charge on any atom is -0.455 e. The molecule has 242 valence electrons. The summed E-state index contributed by atoms with van der Waals surface area (Å²) in [7, 11) is 0. The Hall–Kier alpha value is -6.38. The van der Waals surface area contributed by atoms with E-state index in [4.69, 9.17) is 4.42 Å². The molecule has 1 aromatic heterocycles. The molecule has 0 atom stereocenters. The molecule has 51 heavy (non-hydrogen) atoms. The van der Waals surface area contributed by atoms with E-state index < -0.39 is 0 Å². The third-order valence-corrected chi connectivity index (χ3v) is 10.9. The number of benzene rings is 8. The Morgan fingerprint density at radius 2 is 0.980 bits per heavy atom. The van der Waals surface area contributed by atoms with E-state index in [9.17, 15) is 0 Å². The van der Waals surface area contributed by atoms with Gasteiger partial charge >= 0.3 is 0 Å². The quantitative estimate of drug-likeness (QED) is 0.184. The van der Waals surface area contributed by atoms with Crippen LogP contribution in [0.3, 0.4) is 0 Å². The number of hydrogen-bond acceptors (Lipinski definition) is 2. The second-order valence-electron chi connectivity index (χ2n) is 14.1. The average Bonchev–Trinajstić information content (AvgIpc) is 3.68. The van der Waals surface area contributed by atoms with E-state index in [1.54, 1.807) is 0 Å². The van der Waals surface area contributed by atoms with E-state index in [0.29, 0.717) is 0 Å². The van der Waals surface area contributed by atoms with Crippen LogP contribution in [-0.4, -0.2) is 0 Å². The number of para-hydroxylation sites is 1. The molecular formula is C49H35NO. The smallest absolute Gasteiger partial charge is 0.143 e. The van der Waals surface area contributed by atoms with Crippen molar-refractivity contribution < 1.29 is 4.42 Å². The molecule has 0 unspecified atom stereocenters. The lowest BCUT2D eigenvalue weighted by molar-refractivity contribution is 0.660. The van der Waals surface area contributed by atoms with Gasteiger partial charge in [0.15, 0.2) is 0 Å². The summed E-state index contributed by atoms with van der Waals surface area (Å²) in [6.45, 7) is 4.69. The molecular weight excluding hydrogens is 619 g/mol. The summed E-state index contributed by atoms with van der Waals surface area (Å²) in [6, 6.07) is 63.6. The maximum absolute atomic E-state index is 6.67. The summed E-state index contributed by atoms with van der Waals surface area (Å²) >= 11 is 0. The zero-order chi connectivity index (χ0) is 34.1. The van der Waals surface area contributed by atoms with Gasteiger partial charge in [-0.05, 0) is 98.4 Å². The second-order valence-corrected chi connectivity index (χ2v) is 14.1. The summed E-state index contributed by atoms with van der Waals surface area (Å²) in [5.74, 6) is 0. The van der Waals surface area contributed by atoms with Crippen molar-refractivity contribution in [1.82, 2.24) is 0 Å². The van der Waals surface area contributed by atoms with E-state index in [-0.39, 0.29) is 5.41 Å². The fourth-order valence-electron chi connectivity index (χ4n) is 8.29. The van der Waals surface area contributed by atoms with Crippen LogP contribution in [0.15, 0.2) is 180 Å². The summed E-state index contributed by atoms with van der Waals surface area (Å²) in [6.07, 6.45) is 0. The molecule has 0 N–H and O–H groups in total. The topological polar surface area (TPSA) is 16.4 Å². The van der Waals surface area contributed by atoms with Gasteiger partial charge in [-0.25, -0.2) is 0 Å². The van der Waals surface area contributed by atoms with Crippen LogP contribution in [0.25, 0.3) is 66.1 Å². The molecule has 1 aliphatic rings. The third-order valence-electron chi connectivity index (χ3n) is 10.9. The molecule has 1 aliphatic carbocycles. The number of furan rings is 1. The summed E-state index contributed by atoms with van der Waals surface area (Å²) in [5.41, 5.74) is 15.2. The Bertz CT molecular complexity index is 2760. The average molecular weight is 654 g/mol. The van der Waals surface area contributed by atoms with Gasteiger partial charge < -0.3 is 9.32 Å². The Morgan fingerprint density at radius 3 is 1.78 bits per heavy atom. The van der Waals surface area contributed by atoms with Crippen LogP contribution in [-0.2, 0) is 5.41 Å². The molecule has 9 aromatic rings. The van der Waals surface area contributed by atoms with E-state index in [0.717, 1.165) is 44.4 Å². The van der Waals surface area contributed by atoms with Crippen molar-refractivity contribution in [3.63, 3.8) is 0 Å². The molecule has 0 aliphatic heterocycles. The molecule has 0 bridgehead atoms. The van der Waals surface area contributed by atoms with E-state index in [1.165, 1.54) is 49.9 Å². The number of fused-ring (bicyclic) bond motifs is 8. The first kappa shape index (κ1) is 29.5. The van der Waals surface area contributed by atoms with Gasteiger partial charge in [0, 0.05) is 38.6 Å². The molecule has 0 spiro atoms. The van der Waals surface area contributed by atoms with E-state index in [2.05, 4.69) is 189 Å². The van der Waals surface area contributed by atoms with Crippen LogP contribution in [0.5, 0.6) is 0 Å². The van der Waals surface area contributed by atoms with Crippen molar-refractivity contribution in [2.45, 2.75) is 19.3 Å². The highest BCUT2D eigenvalue weighted by molar-refractivity contribution is 6.19. The summed E-state index contributed by atoms with van der Waals surface area (Å²) < 4.78 is 6.67. The number of nitrogens with zero attached hydrogens (tertiary/aromatic N) is 1. The number of anilines is 3. The number of hydrogen-bond donors (Lipinski definition) is 0. The maximum Gasteiger partial charge on any atom is 0.143 e. The molecule has 10 rings (SSSR count). The number of rotatable bonds is 5. The van der Waals surface area contributed by atoms with Gasteiger partial charge in [0.1, 0.15) is 11.2 Å². The van der Waals surface area contributed by atoms with Crippen LogP contribution in [0.4, 0.5) is 17.1 Å². The van der Waals surface area contributed by atoms with Crippen molar-refractivity contribution >= 4 is 49.8 Å². The van der Waals surface area contributed by atoms with Crippen LogP contribution < -0.4 is 4.90 Å². The van der Waals surface area contributed by atoms with E-state index >= 15 is 0 Å². The molecule has 0 saturated heterocycles. The van der Waals surface area contributed by atoms with Crippen LogP contribution in [0, 0.1) is 0 Å². The predicted molar refractivity (Wildman–Crippen MR) is 214 cm³/mol. The second kappa shape index (κ2) is 11.3. The van der Waals surface area contributed by atoms with Crippen LogP contribution in [0.2, 0.25) is 0 Å². The molecule has 2 heteroatoms. The maximum atomic E-state index is 6.67. The molecule has 0 fully saturated rings. The highest BCUT2D eigenvalue weighted by Gasteiger charge is 2.35. The van der Waals surface area contributed by atoms with Gasteiger partial charge in [-0.1, -0.05) is 141 Å². The van der Waals surface area contributed by atoms with Crippen LogP contribution in [0.1, 0.15) is 25.0 Å². The first-order chi connectivity index (χ1) is 25.0. The zero-order valence-corrected chi connectivity index (χ0v) is 28.6. The lowest BCUT2D eigenvalue weighted by Gasteiger charge is -2.28. The highest BCUT2D eigenvalue weighted by atomic mass is 16.3. The van der Waals surface area contributed by atoms with Crippen LogP contribution >= 0.6 is 0 Å². The predicted octanol–water partition coefficient (Wildman–Crippen LogP) is 13.8. The Balaban J connectivity index is 1.21. The van der Waals surface area contributed by atoms with Crippen molar-refractivity contribution in [2.24, 2.45) is 0 Å². The van der Waals surface area contributed by atoms with Gasteiger partial charge in [0.05, 0.1) is 0 Å². The van der Waals surface area contributed by atoms with Gasteiger partial charge in [-0.3, -0.25) is 0 Å². The first-order valence-corrected chi connectivity index (χ1v) is 17.7. The third kappa shape index (κ3) is 4.64. The standard InChI is InChI=1S/C49H35NO/c1-49(2)45-19-11-9-17-39(45)40-28-26-37(30-46(40)49)50(35-23-21-33(22-24-35)32-13-5-3-6-14-32)36-25-27-38-42(34-15-7-4-8-16-34)31-44-41-18-10-12-20-47(41)51-48(44)43(38)29-36/h3-31H,1-2H3. The molecule has 0 amide bonds. The van der Waals surface area contributed by atoms with E-state index in [1.807, 2.05) is 6.07 Å². The zero-order valence-electron chi connectivity index (χ0n) is 28.6.